The molecule has 0 heterocycles. The van der Waals surface area contributed by atoms with Gasteiger partial charge in [0.1, 0.15) is 0 Å². The molecule has 0 saturated heterocycles. The van der Waals surface area contributed by atoms with Crippen LogP contribution in [0.3, 0.4) is 0 Å². The van der Waals surface area contributed by atoms with Crippen LogP contribution in [0.15, 0.2) is 102 Å². The van der Waals surface area contributed by atoms with Crippen LogP contribution in [0, 0.1) is 0 Å². The highest BCUT2D eigenvalue weighted by molar-refractivity contribution is 6.18. The van der Waals surface area contributed by atoms with Gasteiger partial charge in [-0.2, -0.15) is 5.10 Å². The molecule has 0 aliphatic heterocycles. The van der Waals surface area contributed by atoms with Gasteiger partial charge in [-0.25, -0.2) is 10.2 Å². The van der Waals surface area contributed by atoms with E-state index < -0.39 is 5.97 Å². The highest BCUT2D eigenvalue weighted by Gasteiger charge is 2.21. The maximum atomic E-state index is 12.6. The smallest absolute Gasteiger partial charge is 0.336 e. The number of nitrogens with zero attached hydrogens (tertiary/aromatic N) is 1. The van der Waals surface area contributed by atoms with Gasteiger partial charge in [0.2, 0.25) is 0 Å². The van der Waals surface area contributed by atoms with Gasteiger partial charge in [-0.1, -0.05) is 72.8 Å². The van der Waals surface area contributed by atoms with E-state index in [9.17, 15) is 14.7 Å². The van der Waals surface area contributed by atoms with Gasteiger partial charge in [-0.15, -0.1) is 0 Å². The number of hydrogen-bond acceptors (Lipinski definition) is 3. The van der Waals surface area contributed by atoms with Crippen molar-refractivity contribution in [3.8, 4) is 11.1 Å². The van der Waals surface area contributed by atoms with Crippen LogP contribution >= 0.6 is 0 Å². The standard InChI is InChI=1S/C28H20N2O3/c31-27(18-8-2-1-3-9-18)30-29-26(24-12-6-7-13-25(24)28(32)33)20-14-15-23-21(17-20)16-19-10-4-5-11-22(19)23/h1-15,17H,16H2,(H,30,31)(H,32,33). The summed E-state index contributed by atoms with van der Waals surface area (Å²) in [7, 11) is 0. The van der Waals surface area contributed by atoms with E-state index in [-0.39, 0.29) is 11.5 Å². The lowest BCUT2D eigenvalue weighted by molar-refractivity contribution is 0.0696. The molecule has 0 unspecified atom stereocenters. The fourth-order valence-electron chi connectivity index (χ4n) is 4.21. The average Bonchev–Trinajstić information content (AvgIpc) is 3.22. The van der Waals surface area contributed by atoms with E-state index >= 15 is 0 Å². The van der Waals surface area contributed by atoms with Crippen LogP contribution in [-0.4, -0.2) is 22.7 Å². The molecular weight excluding hydrogens is 412 g/mol. The lowest BCUT2D eigenvalue weighted by atomic mass is 9.94. The number of carboxylic acid groups (broad SMARTS) is 1. The van der Waals surface area contributed by atoms with E-state index in [1.54, 1.807) is 42.5 Å². The van der Waals surface area contributed by atoms with Crippen LogP contribution < -0.4 is 5.43 Å². The Hall–Kier alpha value is -4.51. The van der Waals surface area contributed by atoms with Crippen LogP contribution in [-0.2, 0) is 6.42 Å². The minimum Gasteiger partial charge on any atom is -0.478 e. The number of amides is 1. The maximum Gasteiger partial charge on any atom is 0.336 e. The first-order valence-corrected chi connectivity index (χ1v) is 10.6. The van der Waals surface area contributed by atoms with Gasteiger partial charge >= 0.3 is 5.97 Å². The van der Waals surface area contributed by atoms with E-state index in [1.165, 1.54) is 17.2 Å². The zero-order valence-corrected chi connectivity index (χ0v) is 17.7. The quantitative estimate of drug-likeness (QED) is 0.298. The van der Waals surface area contributed by atoms with Gasteiger partial charge in [0.15, 0.2) is 0 Å². The number of carbonyl (C=O) groups excluding carboxylic acids is 1. The maximum absolute atomic E-state index is 12.6. The Balaban J connectivity index is 1.59. The van der Waals surface area contributed by atoms with E-state index in [0.717, 1.165) is 23.1 Å². The normalized spacial score (nSPS) is 12.1. The Bertz CT molecular complexity index is 1410. The summed E-state index contributed by atoms with van der Waals surface area (Å²) in [6, 6.07) is 29.7. The minimum atomic E-state index is -1.05. The third-order valence-electron chi connectivity index (χ3n) is 5.78. The predicted molar refractivity (Wildman–Crippen MR) is 128 cm³/mol. The van der Waals surface area contributed by atoms with Crippen LogP contribution in [0.25, 0.3) is 11.1 Å². The highest BCUT2D eigenvalue weighted by atomic mass is 16.4. The zero-order chi connectivity index (χ0) is 22.8. The molecule has 4 aromatic carbocycles. The summed E-state index contributed by atoms with van der Waals surface area (Å²) in [5, 5.41) is 14.2. The van der Waals surface area contributed by atoms with Crippen LogP contribution in [0.4, 0.5) is 0 Å². The summed E-state index contributed by atoms with van der Waals surface area (Å²) in [5.41, 5.74) is 9.54. The van der Waals surface area contributed by atoms with E-state index in [4.69, 9.17) is 0 Å². The van der Waals surface area contributed by atoms with Gasteiger partial charge in [0.05, 0.1) is 11.3 Å². The Morgan fingerprint density at radius 1 is 0.697 bits per heavy atom. The second kappa shape index (κ2) is 8.55. The van der Waals surface area contributed by atoms with Gasteiger partial charge in [0.25, 0.3) is 5.91 Å². The van der Waals surface area contributed by atoms with Crippen molar-refractivity contribution in [3.63, 3.8) is 0 Å². The second-order valence-corrected chi connectivity index (χ2v) is 7.82. The molecule has 0 radical (unpaired) electrons. The van der Waals surface area contributed by atoms with Crippen molar-refractivity contribution in [3.05, 3.63) is 130 Å². The number of aromatic carboxylic acids is 1. The van der Waals surface area contributed by atoms with Crippen molar-refractivity contribution < 1.29 is 14.7 Å². The Morgan fingerprint density at radius 2 is 1.36 bits per heavy atom. The monoisotopic (exact) mass is 432 g/mol. The van der Waals surface area contributed by atoms with E-state index in [2.05, 4.69) is 22.7 Å². The molecule has 1 aliphatic carbocycles. The third-order valence-corrected chi connectivity index (χ3v) is 5.78. The van der Waals surface area contributed by atoms with Gasteiger partial charge in [-0.05, 0) is 52.9 Å². The first kappa shape index (κ1) is 20.4. The third kappa shape index (κ3) is 3.92. The Kier molecular flexibility index (Phi) is 5.29. The Labute approximate surface area is 191 Å². The molecule has 0 atom stereocenters. The lowest BCUT2D eigenvalue weighted by Crippen LogP contribution is -2.21. The van der Waals surface area contributed by atoms with Crippen molar-refractivity contribution in [1.82, 2.24) is 5.43 Å². The van der Waals surface area contributed by atoms with Crippen molar-refractivity contribution in [2.24, 2.45) is 5.10 Å². The van der Waals surface area contributed by atoms with Crippen molar-refractivity contribution in [1.29, 1.82) is 0 Å². The van der Waals surface area contributed by atoms with Crippen LogP contribution in [0.2, 0.25) is 0 Å². The lowest BCUT2D eigenvalue weighted by Gasteiger charge is -2.12. The minimum absolute atomic E-state index is 0.119. The number of carbonyl (C=O) groups is 2. The van der Waals surface area contributed by atoms with Crippen LogP contribution in [0.5, 0.6) is 0 Å². The number of benzene rings is 4. The fraction of sp³-hybridized carbons (Fsp3) is 0.0357. The summed E-state index contributed by atoms with van der Waals surface area (Å²) in [6.45, 7) is 0. The molecule has 33 heavy (non-hydrogen) atoms. The molecule has 5 heteroatoms. The molecule has 1 aliphatic rings. The number of carboxylic acids is 1. The number of rotatable bonds is 5. The number of hydrogen-bond donors (Lipinski definition) is 2. The summed E-state index contributed by atoms with van der Waals surface area (Å²) in [5.74, 6) is -1.42. The zero-order valence-electron chi connectivity index (χ0n) is 17.7. The number of hydrazone groups is 1. The summed E-state index contributed by atoms with van der Waals surface area (Å²) in [4.78, 5) is 24.5. The van der Waals surface area contributed by atoms with Crippen molar-refractivity contribution in [2.75, 3.05) is 0 Å². The van der Waals surface area contributed by atoms with Crippen LogP contribution in [0.1, 0.15) is 43.0 Å². The molecule has 0 bridgehead atoms. The molecular formula is C28H20N2O3. The molecule has 0 fully saturated rings. The molecule has 0 saturated carbocycles. The summed E-state index contributed by atoms with van der Waals surface area (Å²) < 4.78 is 0. The van der Waals surface area contributed by atoms with Gasteiger partial charge in [0, 0.05) is 16.7 Å². The van der Waals surface area contributed by atoms with E-state index in [0.29, 0.717) is 16.8 Å². The van der Waals surface area contributed by atoms with Gasteiger partial charge in [-0.3, -0.25) is 4.79 Å². The second-order valence-electron chi connectivity index (χ2n) is 7.82. The molecule has 5 nitrogen and oxygen atoms in total. The van der Waals surface area contributed by atoms with Crippen molar-refractivity contribution >= 4 is 17.6 Å². The van der Waals surface area contributed by atoms with E-state index in [1.807, 2.05) is 36.4 Å². The molecule has 4 aromatic rings. The molecule has 1 amide bonds. The Morgan fingerprint density at radius 3 is 2.15 bits per heavy atom. The number of nitrogens with one attached hydrogen (secondary N) is 1. The molecule has 160 valence electrons. The largest absolute Gasteiger partial charge is 0.478 e. The summed E-state index contributed by atoms with van der Waals surface area (Å²) in [6.07, 6.45) is 0.795. The predicted octanol–water partition coefficient (Wildman–Crippen LogP) is 5.14. The van der Waals surface area contributed by atoms with Crippen molar-refractivity contribution in [2.45, 2.75) is 6.42 Å². The number of fused-ring (bicyclic) bond motifs is 3. The molecule has 5 rings (SSSR count). The molecule has 2 N–H and O–H groups in total. The molecule has 0 aromatic heterocycles. The first-order chi connectivity index (χ1) is 16.1. The summed E-state index contributed by atoms with van der Waals surface area (Å²) >= 11 is 0. The fourth-order valence-corrected chi connectivity index (χ4v) is 4.21. The highest BCUT2D eigenvalue weighted by Crippen LogP contribution is 2.37. The first-order valence-electron chi connectivity index (χ1n) is 10.6. The average molecular weight is 432 g/mol. The SMILES string of the molecule is O=C(NN=C(c1ccc2c(c1)Cc1ccccc1-2)c1ccccc1C(=O)O)c1ccccc1. The molecule has 0 spiro atoms. The van der Waals surface area contributed by atoms with Gasteiger partial charge < -0.3 is 5.11 Å². The topological polar surface area (TPSA) is 78.8 Å².